The number of aryl methyl sites for hydroxylation is 1. The zero-order chi connectivity index (χ0) is 16.4. The second-order valence-corrected chi connectivity index (χ2v) is 6.68. The summed E-state index contributed by atoms with van der Waals surface area (Å²) in [6.07, 6.45) is 1.88. The summed E-state index contributed by atoms with van der Waals surface area (Å²) in [5, 5.41) is 9.36. The van der Waals surface area contributed by atoms with Crippen LogP contribution in [0.2, 0.25) is 0 Å². The van der Waals surface area contributed by atoms with E-state index in [0.29, 0.717) is 12.5 Å². The van der Waals surface area contributed by atoms with Crippen molar-refractivity contribution in [2.24, 2.45) is 4.99 Å². The summed E-state index contributed by atoms with van der Waals surface area (Å²) in [5.74, 6) is 0.649. The highest BCUT2D eigenvalue weighted by Gasteiger charge is 2.08. The highest BCUT2D eigenvalue weighted by atomic mass is 32.1. The van der Waals surface area contributed by atoms with Crippen molar-refractivity contribution in [1.29, 1.82) is 0 Å². The van der Waals surface area contributed by atoms with Crippen LogP contribution in [0.3, 0.4) is 0 Å². The Morgan fingerprint density at radius 3 is 2.68 bits per heavy atom. The van der Waals surface area contributed by atoms with Crippen LogP contribution in [0.4, 0.5) is 0 Å². The lowest BCUT2D eigenvalue weighted by atomic mass is 10.2. The van der Waals surface area contributed by atoms with Crippen LogP contribution in [-0.4, -0.2) is 37.5 Å². The molecule has 0 bridgehead atoms. The number of hydrogen-bond donors (Lipinski definition) is 3. The summed E-state index contributed by atoms with van der Waals surface area (Å²) < 4.78 is 0. The molecule has 5 nitrogen and oxygen atoms in total. The molecule has 0 radical (unpaired) electrons. The van der Waals surface area contributed by atoms with E-state index in [1.807, 2.05) is 25.2 Å². The summed E-state index contributed by atoms with van der Waals surface area (Å²) in [4.78, 5) is 18.6. The van der Waals surface area contributed by atoms with Crippen molar-refractivity contribution >= 4 is 23.2 Å². The lowest BCUT2D eigenvalue weighted by Crippen LogP contribution is -2.43. The molecule has 3 N–H and O–H groups in total. The zero-order valence-corrected chi connectivity index (χ0v) is 14.8. The normalized spacial score (nSPS) is 12.8. The van der Waals surface area contributed by atoms with Crippen molar-refractivity contribution in [2.45, 2.75) is 46.6 Å². The van der Waals surface area contributed by atoms with E-state index in [-0.39, 0.29) is 18.5 Å². The third-order valence-electron chi connectivity index (χ3n) is 2.98. The maximum atomic E-state index is 11.6. The number of nitrogens with zero attached hydrogens (tertiary/aromatic N) is 1. The predicted molar refractivity (Wildman–Crippen MR) is 94.6 cm³/mol. The van der Waals surface area contributed by atoms with Crippen molar-refractivity contribution in [3.63, 3.8) is 0 Å². The first kappa shape index (κ1) is 18.5. The SMILES string of the molecule is CCCNC(=O)CN=C(NCC)NC(C)Cc1ccc(C)s1. The lowest BCUT2D eigenvalue weighted by Gasteiger charge is -2.17. The van der Waals surface area contributed by atoms with E-state index in [1.54, 1.807) is 0 Å². The summed E-state index contributed by atoms with van der Waals surface area (Å²) in [6.45, 7) is 9.91. The van der Waals surface area contributed by atoms with Crippen LogP contribution in [0.5, 0.6) is 0 Å². The largest absolute Gasteiger partial charge is 0.357 e. The molecule has 22 heavy (non-hydrogen) atoms. The fourth-order valence-corrected chi connectivity index (χ4v) is 2.99. The van der Waals surface area contributed by atoms with Gasteiger partial charge in [-0.15, -0.1) is 11.3 Å². The summed E-state index contributed by atoms with van der Waals surface area (Å²) in [5.41, 5.74) is 0. The molecular formula is C16H28N4OS. The standard InChI is InChI=1S/C16H28N4OS/c1-5-9-18-15(21)11-19-16(17-6-2)20-12(3)10-14-8-7-13(4)22-14/h7-8,12H,5-6,9-11H2,1-4H3,(H,18,21)(H2,17,19,20). The number of aliphatic imine (C=N–C) groups is 1. The van der Waals surface area contributed by atoms with Gasteiger partial charge in [0.15, 0.2) is 5.96 Å². The minimum absolute atomic E-state index is 0.0411. The molecule has 1 amide bonds. The monoisotopic (exact) mass is 324 g/mol. The number of carbonyl (C=O) groups is 1. The molecule has 0 saturated carbocycles. The van der Waals surface area contributed by atoms with E-state index in [4.69, 9.17) is 0 Å². The van der Waals surface area contributed by atoms with Crippen LogP contribution in [0.1, 0.15) is 36.9 Å². The number of rotatable bonds is 8. The molecule has 0 aliphatic carbocycles. The van der Waals surface area contributed by atoms with Gasteiger partial charge in [-0.1, -0.05) is 6.92 Å². The van der Waals surface area contributed by atoms with E-state index >= 15 is 0 Å². The van der Waals surface area contributed by atoms with Gasteiger partial charge in [0.25, 0.3) is 0 Å². The van der Waals surface area contributed by atoms with Crippen LogP contribution in [0.15, 0.2) is 17.1 Å². The molecule has 1 aromatic heterocycles. The Balaban J connectivity index is 2.49. The van der Waals surface area contributed by atoms with Crippen LogP contribution in [-0.2, 0) is 11.2 Å². The molecule has 1 aromatic rings. The van der Waals surface area contributed by atoms with Crippen molar-refractivity contribution < 1.29 is 4.79 Å². The smallest absolute Gasteiger partial charge is 0.241 e. The van der Waals surface area contributed by atoms with Gasteiger partial charge in [-0.2, -0.15) is 0 Å². The minimum Gasteiger partial charge on any atom is -0.357 e. The molecule has 0 aliphatic rings. The Hall–Kier alpha value is -1.56. The Labute approximate surface area is 137 Å². The summed E-state index contributed by atoms with van der Waals surface area (Å²) >= 11 is 1.82. The van der Waals surface area contributed by atoms with Gasteiger partial charge in [0, 0.05) is 35.3 Å². The Morgan fingerprint density at radius 1 is 1.32 bits per heavy atom. The molecule has 0 fully saturated rings. The molecule has 0 saturated heterocycles. The third-order valence-corrected chi connectivity index (χ3v) is 4.01. The number of guanidine groups is 1. The van der Waals surface area contributed by atoms with E-state index < -0.39 is 0 Å². The van der Waals surface area contributed by atoms with E-state index in [1.165, 1.54) is 9.75 Å². The van der Waals surface area contributed by atoms with Crippen LogP contribution in [0.25, 0.3) is 0 Å². The van der Waals surface area contributed by atoms with Crippen LogP contribution in [0, 0.1) is 6.92 Å². The van der Waals surface area contributed by atoms with Crippen molar-refractivity contribution in [2.75, 3.05) is 19.6 Å². The first-order valence-corrected chi connectivity index (χ1v) is 8.73. The molecule has 6 heteroatoms. The van der Waals surface area contributed by atoms with Gasteiger partial charge in [0.05, 0.1) is 0 Å². The fourth-order valence-electron chi connectivity index (χ4n) is 1.97. The highest BCUT2D eigenvalue weighted by Crippen LogP contribution is 2.16. The van der Waals surface area contributed by atoms with Crippen molar-refractivity contribution in [3.8, 4) is 0 Å². The van der Waals surface area contributed by atoms with Crippen LogP contribution >= 0.6 is 11.3 Å². The Bertz CT molecular complexity index is 484. The van der Waals surface area contributed by atoms with E-state index in [9.17, 15) is 4.79 Å². The molecule has 1 rings (SSSR count). The summed E-state index contributed by atoms with van der Waals surface area (Å²) in [6, 6.07) is 4.57. The zero-order valence-electron chi connectivity index (χ0n) is 14.0. The maximum absolute atomic E-state index is 11.6. The number of carbonyl (C=O) groups excluding carboxylic acids is 1. The topological polar surface area (TPSA) is 65.5 Å². The Morgan fingerprint density at radius 2 is 2.09 bits per heavy atom. The van der Waals surface area contributed by atoms with Crippen molar-refractivity contribution in [1.82, 2.24) is 16.0 Å². The van der Waals surface area contributed by atoms with Gasteiger partial charge in [-0.05, 0) is 39.3 Å². The Kier molecular flexibility index (Phi) is 8.58. The molecule has 0 spiro atoms. The second-order valence-electron chi connectivity index (χ2n) is 5.31. The lowest BCUT2D eigenvalue weighted by molar-refractivity contribution is -0.119. The van der Waals surface area contributed by atoms with Crippen LogP contribution < -0.4 is 16.0 Å². The highest BCUT2D eigenvalue weighted by molar-refractivity contribution is 7.11. The number of nitrogens with one attached hydrogen (secondary N) is 3. The average Bonchev–Trinajstić information content (AvgIpc) is 2.87. The molecule has 0 aliphatic heterocycles. The third kappa shape index (κ3) is 7.45. The molecule has 1 unspecified atom stereocenters. The molecule has 0 aromatic carbocycles. The molecular weight excluding hydrogens is 296 g/mol. The van der Waals surface area contributed by atoms with Gasteiger partial charge >= 0.3 is 0 Å². The molecule has 124 valence electrons. The number of amides is 1. The van der Waals surface area contributed by atoms with Gasteiger partial charge < -0.3 is 16.0 Å². The van der Waals surface area contributed by atoms with E-state index in [2.05, 4.69) is 46.9 Å². The van der Waals surface area contributed by atoms with Gasteiger partial charge in [0.2, 0.25) is 5.91 Å². The van der Waals surface area contributed by atoms with Gasteiger partial charge in [-0.25, -0.2) is 4.99 Å². The predicted octanol–water partition coefficient (Wildman–Crippen LogP) is 2.07. The number of thiophene rings is 1. The number of hydrogen-bond acceptors (Lipinski definition) is 3. The first-order chi connectivity index (χ1) is 10.5. The molecule has 1 heterocycles. The van der Waals surface area contributed by atoms with Crippen molar-refractivity contribution in [3.05, 3.63) is 21.9 Å². The maximum Gasteiger partial charge on any atom is 0.241 e. The quantitative estimate of drug-likeness (QED) is 0.507. The fraction of sp³-hybridized carbons (Fsp3) is 0.625. The van der Waals surface area contributed by atoms with Gasteiger partial charge in [-0.3, -0.25) is 4.79 Å². The molecule has 1 atom stereocenters. The second kappa shape index (κ2) is 10.2. The minimum atomic E-state index is -0.0411. The first-order valence-electron chi connectivity index (χ1n) is 7.92. The average molecular weight is 324 g/mol. The van der Waals surface area contributed by atoms with Gasteiger partial charge in [0.1, 0.15) is 6.54 Å². The summed E-state index contributed by atoms with van der Waals surface area (Å²) in [7, 11) is 0. The van der Waals surface area contributed by atoms with E-state index in [0.717, 1.165) is 19.4 Å².